The van der Waals surface area contributed by atoms with E-state index in [0.29, 0.717) is 12.1 Å². The van der Waals surface area contributed by atoms with Crippen molar-refractivity contribution in [1.29, 1.82) is 0 Å². The molecule has 0 spiro atoms. The number of rotatable bonds is 4. The second-order valence-corrected chi connectivity index (χ2v) is 5.36. The molecule has 0 saturated heterocycles. The van der Waals surface area contributed by atoms with Crippen molar-refractivity contribution in [2.45, 2.75) is 26.8 Å². The first-order valence-corrected chi connectivity index (χ1v) is 7.01. The van der Waals surface area contributed by atoms with Crippen LogP contribution < -0.4 is 4.90 Å². The van der Waals surface area contributed by atoms with E-state index in [1.54, 1.807) is 17.4 Å². The lowest BCUT2D eigenvalue weighted by atomic mass is 10.0. The summed E-state index contributed by atoms with van der Waals surface area (Å²) in [5, 5.41) is 0. The summed E-state index contributed by atoms with van der Waals surface area (Å²) in [5.41, 5.74) is 3.20. The number of fused-ring (bicyclic) bond motifs is 1. The molecule has 0 atom stereocenters. The van der Waals surface area contributed by atoms with E-state index in [9.17, 15) is 9.59 Å². The number of anilines is 1. The molecule has 0 unspecified atom stereocenters. The largest absolute Gasteiger partial charge is 0.337 e. The molecule has 108 valence electrons. The highest BCUT2D eigenvalue weighted by atomic mass is 16.2. The van der Waals surface area contributed by atoms with Crippen LogP contribution in [0.2, 0.25) is 0 Å². The minimum atomic E-state index is -0.409. The maximum absolute atomic E-state index is 12.2. The van der Waals surface area contributed by atoms with Crippen molar-refractivity contribution in [3.8, 4) is 0 Å². The van der Waals surface area contributed by atoms with Gasteiger partial charge in [0.1, 0.15) is 0 Å². The Kier molecular flexibility index (Phi) is 3.33. The summed E-state index contributed by atoms with van der Waals surface area (Å²) >= 11 is 0. The second-order valence-electron chi connectivity index (χ2n) is 5.36. The van der Waals surface area contributed by atoms with E-state index in [0.717, 1.165) is 29.8 Å². The van der Waals surface area contributed by atoms with Crippen LogP contribution in [-0.4, -0.2) is 27.8 Å². The maximum Gasteiger partial charge on any atom is 0.299 e. The molecule has 3 rings (SSSR count). The van der Waals surface area contributed by atoms with Gasteiger partial charge < -0.3 is 9.47 Å². The van der Waals surface area contributed by atoms with Crippen LogP contribution in [0.5, 0.6) is 0 Å². The molecular formula is C16H17N3O2. The number of imidazole rings is 1. The van der Waals surface area contributed by atoms with Crippen molar-refractivity contribution in [1.82, 2.24) is 9.55 Å². The van der Waals surface area contributed by atoms with Gasteiger partial charge in [-0.25, -0.2) is 4.98 Å². The smallest absolute Gasteiger partial charge is 0.299 e. The van der Waals surface area contributed by atoms with Gasteiger partial charge in [-0.2, -0.15) is 0 Å². The topological polar surface area (TPSA) is 55.2 Å². The Morgan fingerprint density at radius 3 is 2.57 bits per heavy atom. The minimum Gasteiger partial charge on any atom is -0.337 e. The summed E-state index contributed by atoms with van der Waals surface area (Å²) in [4.78, 5) is 30.0. The molecule has 1 aliphatic rings. The first-order chi connectivity index (χ1) is 10.1. The monoisotopic (exact) mass is 283 g/mol. The van der Waals surface area contributed by atoms with Crippen LogP contribution in [-0.2, 0) is 11.3 Å². The molecule has 1 amide bonds. The summed E-state index contributed by atoms with van der Waals surface area (Å²) < 4.78 is 1.96. The number of hydrogen-bond donors (Lipinski definition) is 0. The van der Waals surface area contributed by atoms with E-state index >= 15 is 0 Å². The van der Waals surface area contributed by atoms with Gasteiger partial charge in [-0.15, -0.1) is 0 Å². The predicted octanol–water partition coefficient (Wildman–Crippen LogP) is 2.12. The maximum atomic E-state index is 12.2. The van der Waals surface area contributed by atoms with Gasteiger partial charge in [-0.3, -0.25) is 9.59 Å². The standard InChI is InChI=1S/C16H17N3O2/c1-11-4-5-12(2)14-13(11)15(20)16(21)19(14)8-3-7-18-9-6-17-10-18/h4-6,9-10H,3,7-8H2,1-2H3. The van der Waals surface area contributed by atoms with Crippen molar-refractivity contribution < 1.29 is 9.59 Å². The second kappa shape index (κ2) is 5.16. The molecule has 0 aliphatic carbocycles. The highest BCUT2D eigenvalue weighted by Crippen LogP contribution is 2.34. The van der Waals surface area contributed by atoms with Gasteiger partial charge >= 0.3 is 0 Å². The highest BCUT2D eigenvalue weighted by molar-refractivity contribution is 6.52. The molecule has 2 aromatic rings. The summed E-state index contributed by atoms with van der Waals surface area (Å²) in [7, 11) is 0. The lowest BCUT2D eigenvalue weighted by molar-refractivity contribution is -0.114. The van der Waals surface area contributed by atoms with Crippen molar-refractivity contribution in [2.75, 3.05) is 11.4 Å². The molecule has 0 bridgehead atoms. The molecule has 1 aromatic carbocycles. The molecule has 0 saturated carbocycles. The molecule has 5 heteroatoms. The average molecular weight is 283 g/mol. The Morgan fingerprint density at radius 2 is 1.86 bits per heavy atom. The normalized spacial score (nSPS) is 13.9. The zero-order valence-electron chi connectivity index (χ0n) is 12.2. The zero-order chi connectivity index (χ0) is 15.0. The van der Waals surface area contributed by atoms with Crippen molar-refractivity contribution in [3.05, 3.63) is 47.5 Å². The lowest BCUT2D eigenvalue weighted by Crippen LogP contribution is -2.31. The number of aryl methyl sites for hydroxylation is 3. The molecular weight excluding hydrogens is 266 g/mol. The third kappa shape index (κ3) is 2.24. The molecule has 1 aliphatic heterocycles. The first-order valence-electron chi connectivity index (χ1n) is 7.01. The van der Waals surface area contributed by atoms with E-state index in [1.165, 1.54) is 0 Å². The summed E-state index contributed by atoms with van der Waals surface area (Å²) in [5.74, 6) is -0.790. The van der Waals surface area contributed by atoms with Gasteiger partial charge in [0.05, 0.1) is 17.6 Å². The van der Waals surface area contributed by atoms with Crippen molar-refractivity contribution in [3.63, 3.8) is 0 Å². The Bertz CT molecular complexity index is 705. The highest BCUT2D eigenvalue weighted by Gasteiger charge is 2.37. The Morgan fingerprint density at radius 1 is 1.10 bits per heavy atom. The Labute approximate surface area is 123 Å². The zero-order valence-corrected chi connectivity index (χ0v) is 12.2. The molecule has 2 heterocycles. The van der Waals surface area contributed by atoms with Crippen LogP contribution in [0.25, 0.3) is 0 Å². The lowest BCUT2D eigenvalue weighted by Gasteiger charge is -2.19. The summed E-state index contributed by atoms with van der Waals surface area (Å²) in [6.45, 7) is 5.13. The molecule has 0 radical (unpaired) electrons. The fourth-order valence-electron chi connectivity index (χ4n) is 2.81. The fourth-order valence-corrected chi connectivity index (χ4v) is 2.81. The van der Waals surface area contributed by atoms with Crippen molar-refractivity contribution >= 4 is 17.4 Å². The number of ketones is 1. The average Bonchev–Trinajstić information content (AvgIpc) is 3.06. The number of amides is 1. The quantitative estimate of drug-likeness (QED) is 0.808. The van der Waals surface area contributed by atoms with E-state index in [4.69, 9.17) is 0 Å². The van der Waals surface area contributed by atoms with Crippen LogP contribution in [0.15, 0.2) is 30.9 Å². The van der Waals surface area contributed by atoms with Gasteiger partial charge in [0, 0.05) is 25.5 Å². The van der Waals surface area contributed by atoms with E-state index in [1.807, 2.05) is 36.7 Å². The van der Waals surface area contributed by atoms with Gasteiger partial charge in [0.25, 0.3) is 11.7 Å². The van der Waals surface area contributed by atoms with E-state index in [2.05, 4.69) is 4.98 Å². The number of aromatic nitrogens is 2. The predicted molar refractivity (Wildman–Crippen MR) is 79.4 cm³/mol. The van der Waals surface area contributed by atoms with E-state index in [-0.39, 0.29) is 5.78 Å². The fraction of sp³-hybridized carbons (Fsp3) is 0.312. The van der Waals surface area contributed by atoms with Crippen molar-refractivity contribution in [2.24, 2.45) is 0 Å². The summed E-state index contributed by atoms with van der Waals surface area (Å²) in [6.07, 6.45) is 6.15. The van der Waals surface area contributed by atoms with Crippen LogP contribution in [0.1, 0.15) is 27.9 Å². The van der Waals surface area contributed by atoms with Gasteiger partial charge in [0.2, 0.25) is 0 Å². The molecule has 5 nitrogen and oxygen atoms in total. The van der Waals surface area contributed by atoms with Gasteiger partial charge in [0.15, 0.2) is 0 Å². The number of nitrogens with zero attached hydrogens (tertiary/aromatic N) is 3. The van der Waals surface area contributed by atoms with Crippen LogP contribution >= 0.6 is 0 Å². The Balaban J connectivity index is 1.82. The minimum absolute atomic E-state index is 0.381. The number of carbonyl (C=O) groups is 2. The van der Waals surface area contributed by atoms with Crippen LogP contribution in [0, 0.1) is 13.8 Å². The third-order valence-electron chi connectivity index (χ3n) is 3.88. The first kappa shape index (κ1) is 13.5. The molecule has 0 fully saturated rings. The SMILES string of the molecule is Cc1ccc(C)c2c1C(=O)C(=O)N2CCCn1ccnc1. The molecule has 0 N–H and O–H groups in total. The Hall–Kier alpha value is -2.43. The van der Waals surface area contributed by atoms with Crippen LogP contribution in [0.3, 0.4) is 0 Å². The van der Waals surface area contributed by atoms with Gasteiger partial charge in [-0.05, 0) is 31.4 Å². The third-order valence-corrected chi connectivity index (χ3v) is 3.88. The summed E-state index contributed by atoms with van der Waals surface area (Å²) in [6, 6.07) is 3.86. The molecule has 21 heavy (non-hydrogen) atoms. The molecule has 1 aromatic heterocycles. The number of carbonyl (C=O) groups excluding carboxylic acids is 2. The number of Topliss-reactive ketones (excluding diaryl/α,β-unsaturated/α-hetero) is 1. The number of hydrogen-bond acceptors (Lipinski definition) is 3. The van der Waals surface area contributed by atoms with Gasteiger partial charge in [-0.1, -0.05) is 12.1 Å². The van der Waals surface area contributed by atoms with E-state index < -0.39 is 5.91 Å². The number of benzene rings is 1. The van der Waals surface area contributed by atoms with Crippen LogP contribution in [0.4, 0.5) is 5.69 Å².